The maximum Gasteiger partial charge on any atom is 0.243 e. The number of hydrogen-bond acceptors (Lipinski definition) is 3. The van der Waals surface area contributed by atoms with Gasteiger partial charge in [-0.05, 0) is 43.2 Å². The first kappa shape index (κ1) is 15.6. The van der Waals surface area contributed by atoms with Crippen LogP contribution < -0.4 is 10.1 Å². The van der Waals surface area contributed by atoms with Gasteiger partial charge in [-0.3, -0.25) is 4.79 Å². The molecule has 2 N–H and O–H groups in total. The van der Waals surface area contributed by atoms with E-state index in [1.807, 2.05) is 18.2 Å². The molecule has 1 aliphatic rings. The lowest BCUT2D eigenvalue weighted by atomic mass is 10.1. The molecule has 1 atom stereocenters. The molecular formula is C16H18ClNO3. The van der Waals surface area contributed by atoms with Gasteiger partial charge < -0.3 is 15.2 Å². The molecule has 112 valence electrons. The third kappa shape index (κ3) is 4.92. The highest BCUT2D eigenvalue weighted by Gasteiger charge is 2.10. The van der Waals surface area contributed by atoms with Crippen molar-refractivity contribution < 1.29 is 14.6 Å². The molecular weight excluding hydrogens is 290 g/mol. The molecule has 1 aromatic rings. The van der Waals surface area contributed by atoms with E-state index in [2.05, 4.69) is 5.32 Å². The molecule has 1 aliphatic heterocycles. The van der Waals surface area contributed by atoms with Gasteiger partial charge in [-0.1, -0.05) is 17.7 Å². The van der Waals surface area contributed by atoms with Crippen LogP contribution in [0.4, 0.5) is 0 Å². The van der Waals surface area contributed by atoms with Crippen LogP contribution in [0.5, 0.6) is 5.75 Å². The van der Waals surface area contributed by atoms with Crippen LogP contribution in [0, 0.1) is 0 Å². The zero-order valence-corrected chi connectivity index (χ0v) is 12.6. The predicted molar refractivity (Wildman–Crippen MR) is 83.4 cm³/mol. The Balaban J connectivity index is 1.94. The van der Waals surface area contributed by atoms with Gasteiger partial charge in [0.2, 0.25) is 5.91 Å². The number of halogens is 1. The number of benzene rings is 1. The van der Waals surface area contributed by atoms with Gasteiger partial charge in [-0.25, -0.2) is 0 Å². The molecule has 0 radical (unpaired) electrons. The summed E-state index contributed by atoms with van der Waals surface area (Å²) in [5.41, 5.74) is 1.80. The first-order chi connectivity index (χ1) is 10.0. The van der Waals surface area contributed by atoms with Crippen molar-refractivity contribution in [2.45, 2.75) is 19.4 Å². The van der Waals surface area contributed by atoms with E-state index in [9.17, 15) is 4.79 Å². The van der Waals surface area contributed by atoms with Crippen molar-refractivity contribution in [3.8, 4) is 5.75 Å². The van der Waals surface area contributed by atoms with Crippen molar-refractivity contribution in [1.29, 1.82) is 0 Å². The summed E-state index contributed by atoms with van der Waals surface area (Å²) in [5.74, 6) is 0.603. The minimum absolute atomic E-state index is 0.187. The van der Waals surface area contributed by atoms with Gasteiger partial charge in [0.1, 0.15) is 12.4 Å². The summed E-state index contributed by atoms with van der Waals surface area (Å²) in [6.07, 6.45) is 5.26. The SMILES string of the molecule is CC(O)CCNC(=O)/C=C/C1=Cc2cc(Cl)ccc2OC1. The van der Waals surface area contributed by atoms with E-state index in [0.29, 0.717) is 24.6 Å². The van der Waals surface area contributed by atoms with Gasteiger partial charge in [0.05, 0.1) is 6.10 Å². The largest absolute Gasteiger partial charge is 0.488 e. The zero-order chi connectivity index (χ0) is 15.2. The molecule has 0 fully saturated rings. The third-order valence-corrected chi connectivity index (χ3v) is 3.25. The number of carbonyl (C=O) groups excluding carboxylic acids is 1. The van der Waals surface area contributed by atoms with Gasteiger partial charge in [-0.15, -0.1) is 0 Å². The number of aliphatic hydroxyl groups excluding tert-OH is 1. The summed E-state index contributed by atoms with van der Waals surface area (Å²) < 4.78 is 5.59. The second-order valence-electron chi connectivity index (χ2n) is 4.95. The Morgan fingerprint density at radius 1 is 1.57 bits per heavy atom. The van der Waals surface area contributed by atoms with Crippen molar-refractivity contribution >= 4 is 23.6 Å². The lowest BCUT2D eigenvalue weighted by Gasteiger charge is -2.16. The molecule has 4 nitrogen and oxygen atoms in total. The molecule has 0 saturated heterocycles. The van der Waals surface area contributed by atoms with Gasteiger partial charge in [0, 0.05) is 23.2 Å². The number of hydrogen-bond donors (Lipinski definition) is 2. The normalized spacial score (nSPS) is 15.1. The standard InChI is InChI=1S/C16H18ClNO3/c1-11(19)6-7-18-16(20)5-2-12-8-13-9-14(17)3-4-15(13)21-10-12/h2-5,8-9,11,19H,6-7,10H2,1H3,(H,18,20)/b5-2+. The fourth-order valence-electron chi connectivity index (χ4n) is 1.91. The molecule has 0 spiro atoms. The fourth-order valence-corrected chi connectivity index (χ4v) is 2.09. The van der Waals surface area contributed by atoms with Gasteiger partial charge >= 0.3 is 0 Å². The Labute approximate surface area is 129 Å². The van der Waals surface area contributed by atoms with Gasteiger partial charge in [-0.2, -0.15) is 0 Å². The second-order valence-corrected chi connectivity index (χ2v) is 5.39. The van der Waals surface area contributed by atoms with Crippen LogP contribution in [0.2, 0.25) is 5.02 Å². The Morgan fingerprint density at radius 3 is 3.14 bits per heavy atom. The highest BCUT2D eigenvalue weighted by atomic mass is 35.5. The molecule has 0 bridgehead atoms. The summed E-state index contributed by atoms with van der Waals surface area (Å²) in [7, 11) is 0. The maximum atomic E-state index is 11.6. The number of ether oxygens (including phenoxy) is 1. The number of rotatable bonds is 5. The minimum Gasteiger partial charge on any atom is -0.488 e. The fraction of sp³-hybridized carbons (Fsp3) is 0.312. The first-order valence-electron chi connectivity index (χ1n) is 6.81. The number of nitrogens with one attached hydrogen (secondary N) is 1. The van der Waals surface area contributed by atoms with Crippen LogP contribution >= 0.6 is 11.6 Å². The molecule has 1 amide bonds. The van der Waals surface area contributed by atoms with E-state index in [-0.39, 0.29) is 5.91 Å². The van der Waals surface area contributed by atoms with Crippen molar-refractivity contribution in [2.24, 2.45) is 0 Å². The molecule has 0 aliphatic carbocycles. The summed E-state index contributed by atoms with van der Waals surface area (Å²) in [5, 5.41) is 12.5. The van der Waals surface area contributed by atoms with Crippen molar-refractivity contribution in [3.05, 3.63) is 46.5 Å². The Hall–Kier alpha value is -1.78. The van der Waals surface area contributed by atoms with Crippen LogP contribution in [-0.2, 0) is 4.79 Å². The van der Waals surface area contributed by atoms with E-state index in [4.69, 9.17) is 21.4 Å². The summed E-state index contributed by atoms with van der Waals surface area (Å²) in [6, 6.07) is 5.44. The number of amides is 1. The van der Waals surface area contributed by atoms with Crippen LogP contribution in [0.15, 0.2) is 35.9 Å². The lowest BCUT2D eigenvalue weighted by molar-refractivity contribution is -0.116. The molecule has 1 aromatic carbocycles. The highest BCUT2D eigenvalue weighted by molar-refractivity contribution is 6.30. The number of aliphatic hydroxyl groups is 1. The quantitative estimate of drug-likeness (QED) is 0.822. The molecule has 2 rings (SSSR count). The summed E-state index contributed by atoms with van der Waals surface area (Å²) in [6.45, 7) is 2.57. The average Bonchev–Trinajstić information content (AvgIpc) is 2.44. The van der Waals surface area contributed by atoms with Crippen LogP contribution in [0.1, 0.15) is 18.9 Å². The van der Waals surface area contributed by atoms with Crippen molar-refractivity contribution in [2.75, 3.05) is 13.2 Å². The average molecular weight is 308 g/mol. The monoisotopic (exact) mass is 307 g/mol. The Morgan fingerprint density at radius 2 is 2.38 bits per heavy atom. The second kappa shape index (κ2) is 7.29. The highest BCUT2D eigenvalue weighted by Crippen LogP contribution is 2.29. The van der Waals surface area contributed by atoms with Crippen molar-refractivity contribution in [3.63, 3.8) is 0 Å². The van der Waals surface area contributed by atoms with Crippen LogP contribution in [-0.4, -0.2) is 30.3 Å². The van der Waals surface area contributed by atoms with E-state index in [0.717, 1.165) is 16.9 Å². The van der Waals surface area contributed by atoms with Crippen LogP contribution in [0.3, 0.4) is 0 Å². The molecule has 21 heavy (non-hydrogen) atoms. The molecule has 0 saturated carbocycles. The maximum absolute atomic E-state index is 11.6. The Bertz CT molecular complexity index is 579. The minimum atomic E-state index is -0.412. The molecule has 1 unspecified atom stereocenters. The lowest BCUT2D eigenvalue weighted by Crippen LogP contribution is -2.24. The summed E-state index contributed by atoms with van der Waals surface area (Å²) in [4.78, 5) is 11.6. The molecule has 1 heterocycles. The zero-order valence-electron chi connectivity index (χ0n) is 11.8. The Kier molecular flexibility index (Phi) is 5.42. The topological polar surface area (TPSA) is 58.6 Å². The van der Waals surface area contributed by atoms with Crippen LogP contribution in [0.25, 0.3) is 6.08 Å². The van der Waals surface area contributed by atoms with E-state index >= 15 is 0 Å². The predicted octanol–water partition coefficient (Wildman–Crippen LogP) is 2.56. The number of carbonyl (C=O) groups is 1. The smallest absolute Gasteiger partial charge is 0.243 e. The van der Waals surface area contributed by atoms with Crippen molar-refractivity contribution in [1.82, 2.24) is 5.32 Å². The van der Waals surface area contributed by atoms with Gasteiger partial charge in [0.25, 0.3) is 0 Å². The van der Waals surface area contributed by atoms with E-state index in [1.165, 1.54) is 6.08 Å². The van der Waals surface area contributed by atoms with E-state index < -0.39 is 6.10 Å². The third-order valence-electron chi connectivity index (χ3n) is 3.02. The van der Waals surface area contributed by atoms with E-state index in [1.54, 1.807) is 19.1 Å². The summed E-state index contributed by atoms with van der Waals surface area (Å²) >= 11 is 5.95. The number of fused-ring (bicyclic) bond motifs is 1. The molecule has 0 aromatic heterocycles. The first-order valence-corrected chi connectivity index (χ1v) is 7.19. The van der Waals surface area contributed by atoms with Gasteiger partial charge in [0.15, 0.2) is 0 Å². The molecule has 5 heteroatoms.